The number of amides is 1. The van der Waals surface area contributed by atoms with Gasteiger partial charge in [0.1, 0.15) is 12.3 Å². The van der Waals surface area contributed by atoms with E-state index in [0.29, 0.717) is 16.5 Å². The zero-order valence-electron chi connectivity index (χ0n) is 18.7. The highest BCUT2D eigenvalue weighted by Crippen LogP contribution is 2.23. The van der Waals surface area contributed by atoms with Crippen molar-refractivity contribution < 1.29 is 17.9 Å². The number of anilines is 1. The summed E-state index contributed by atoms with van der Waals surface area (Å²) in [6, 6.07) is 15.9. The molecule has 174 valence electrons. The number of methoxy groups -OCH3 is 1. The van der Waals surface area contributed by atoms with Crippen molar-refractivity contribution in [2.24, 2.45) is 5.10 Å². The predicted molar refractivity (Wildman–Crippen MR) is 131 cm³/mol. The van der Waals surface area contributed by atoms with Crippen LogP contribution in [-0.2, 0) is 14.8 Å². The van der Waals surface area contributed by atoms with E-state index in [2.05, 4.69) is 10.5 Å². The Hall–Kier alpha value is -3.30. The molecule has 0 radical (unpaired) electrons. The van der Waals surface area contributed by atoms with Crippen LogP contribution in [-0.4, -0.2) is 45.0 Å². The van der Waals surface area contributed by atoms with E-state index in [1.54, 1.807) is 24.3 Å². The van der Waals surface area contributed by atoms with Gasteiger partial charge in [0.05, 0.1) is 25.3 Å². The summed E-state index contributed by atoms with van der Waals surface area (Å²) >= 11 is 5.98. The molecule has 0 bridgehead atoms. The van der Waals surface area contributed by atoms with Gasteiger partial charge in [0.15, 0.2) is 0 Å². The first kappa shape index (κ1) is 24.3. The Kier molecular flexibility index (Phi) is 7.45. The lowest BCUT2D eigenvalue weighted by Crippen LogP contribution is -2.39. The number of rotatable bonds is 8. The fourth-order valence-corrected chi connectivity index (χ4v) is 4.39. The van der Waals surface area contributed by atoms with Gasteiger partial charge in [-0.05, 0) is 56.3 Å². The molecule has 0 saturated heterocycles. The summed E-state index contributed by atoms with van der Waals surface area (Å²) in [7, 11) is -2.22. The first-order valence-corrected chi connectivity index (χ1v) is 12.2. The monoisotopic (exact) mass is 488 g/mol. The highest BCUT2D eigenvalue weighted by Gasteiger charge is 2.21. The first-order chi connectivity index (χ1) is 15.6. The maximum Gasteiger partial charge on any atom is 0.260 e. The maximum absolute atomic E-state index is 12.4. The van der Waals surface area contributed by atoms with Gasteiger partial charge in [-0.2, -0.15) is 5.10 Å². The van der Waals surface area contributed by atoms with Gasteiger partial charge in [-0.1, -0.05) is 17.7 Å². The Morgan fingerprint density at radius 2 is 1.88 bits per heavy atom. The summed E-state index contributed by atoms with van der Waals surface area (Å²) < 4.78 is 32.7. The second-order valence-corrected chi connectivity index (χ2v) is 9.75. The number of nitrogens with zero attached hydrogens (tertiary/aromatic N) is 3. The van der Waals surface area contributed by atoms with Crippen LogP contribution in [0.1, 0.15) is 17.0 Å². The van der Waals surface area contributed by atoms with Gasteiger partial charge in [-0.25, -0.2) is 13.8 Å². The lowest BCUT2D eigenvalue weighted by molar-refractivity contribution is -0.119. The molecule has 1 heterocycles. The zero-order valence-corrected chi connectivity index (χ0v) is 20.3. The number of hydrogen-bond acceptors (Lipinski definition) is 5. The number of hydrogen-bond donors (Lipinski definition) is 1. The molecule has 8 nitrogen and oxygen atoms in total. The van der Waals surface area contributed by atoms with Crippen molar-refractivity contribution in [3.8, 4) is 11.4 Å². The van der Waals surface area contributed by atoms with Gasteiger partial charge in [-0.3, -0.25) is 9.10 Å². The van der Waals surface area contributed by atoms with Crippen molar-refractivity contribution >= 4 is 39.4 Å². The van der Waals surface area contributed by atoms with Crippen LogP contribution in [0.15, 0.2) is 59.7 Å². The summed E-state index contributed by atoms with van der Waals surface area (Å²) in [5.41, 5.74) is 6.42. The topological polar surface area (TPSA) is 93.0 Å². The molecule has 33 heavy (non-hydrogen) atoms. The summed E-state index contributed by atoms with van der Waals surface area (Å²) in [6.45, 7) is 3.49. The van der Waals surface area contributed by atoms with Gasteiger partial charge in [0.2, 0.25) is 10.0 Å². The molecular weight excluding hydrogens is 464 g/mol. The van der Waals surface area contributed by atoms with Gasteiger partial charge in [0, 0.05) is 33.7 Å². The average Bonchev–Trinajstić information content (AvgIpc) is 3.05. The zero-order chi connectivity index (χ0) is 24.2. The molecule has 0 aliphatic heterocycles. The van der Waals surface area contributed by atoms with Gasteiger partial charge in [-0.15, -0.1) is 0 Å². The normalized spacial score (nSPS) is 11.5. The van der Waals surface area contributed by atoms with Crippen molar-refractivity contribution in [2.75, 3.05) is 24.2 Å². The molecule has 0 fully saturated rings. The Balaban J connectivity index is 1.74. The molecule has 0 atom stereocenters. The number of hydrazone groups is 1. The summed E-state index contributed by atoms with van der Waals surface area (Å²) in [6.07, 6.45) is 2.57. The van der Waals surface area contributed by atoms with Crippen LogP contribution in [0.5, 0.6) is 5.75 Å². The summed E-state index contributed by atoms with van der Waals surface area (Å²) in [4.78, 5) is 12.4. The highest BCUT2D eigenvalue weighted by molar-refractivity contribution is 7.92. The number of aryl methyl sites for hydroxylation is 1. The number of benzene rings is 2. The lowest BCUT2D eigenvalue weighted by Gasteiger charge is -2.21. The maximum atomic E-state index is 12.4. The molecule has 1 N–H and O–H groups in total. The molecule has 2 aromatic carbocycles. The summed E-state index contributed by atoms with van der Waals surface area (Å²) in [5.74, 6) is -0.0957. The van der Waals surface area contributed by atoms with Crippen LogP contribution in [0.2, 0.25) is 5.02 Å². The molecular formula is C23H25ClN4O4S. The van der Waals surface area contributed by atoms with E-state index < -0.39 is 22.5 Å². The number of halogens is 1. The highest BCUT2D eigenvalue weighted by atomic mass is 35.5. The molecule has 0 aliphatic carbocycles. The molecule has 1 aromatic heterocycles. The Morgan fingerprint density at radius 1 is 1.18 bits per heavy atom. The van der Waals surface area contributed by atoms with Crippen molar-refractivity contribution in [2.45, 2.75) is 13.8 Å². The number of sulfonamides is 1. The Bertz CT molecular complexity index is 1280. The van der Waals surface area contributed by atoms with E-state index in [9.17, 15) is 13.2 Å². The fraction of sp³-hybridized carbons (Fsp3) is 0.217. The van der Waals surface area contributed by atoms with Crippen LogP contribution < -0.4 is 14.5 Å². The first-order valence-electron chi connectivity index (χ1n) is 9.98. The molecule has 0 unspecified atom stereocenters. The minimum Gasteiger partial charge on any atom is -0.497 e. The number of ether oxygens (including phenoxy) is 1. The standard InChI is InChI=1S/C23H25ClN4O4S/c1-16-12-18(17(2)28(16)20-10-8-19(24)9-11-20)14-25-26-23(29)15-27(33(4,30)31)21-6-5-7-22(13-21)32-3/h5-14H,15H2,1-4H3,(H,26,29)/b25-14-. The van der Waals surface area contributed by atoms with Gasteiger partial charge < -0.3 is 9.30 Å². The Labute approximate surface area is 198 Å². The third-order valence-corrected chi connectivity index (χ3v) is 6.37. The molecule has 0 saturated carbocycles. The quantitative estimate of drug-likeness (QED) is 0.386. The van der Waals surface area contributed by atoms with E-state index in [-0.39, 0.29) is 0 Å². The fourth-order valence-electron chi connectivity index (χ4n) is 3.41. The smallest absolute Gasteiger partial charge is 0.260 e. The van der Waals surface area contributed by atoms with E-state index in [4.69, 9.17) is 16.3 Å². The van der Waals surface area contributed by atoms with Gasteiger partial charge in [0.25, 0.3) is 5.91 Å². The third kappa shape index (κ3) is 5.94. The molecule has 10 heteroatoms. The Morgan fingerprint density at radius 3 is 2.52 bits per heavy atom. The van der Waals surface area contributed by atoms with E-state index >= 15 is 0 Å². The van der Waals surface area contributed by atoms with Gasteiger partial charge >= 0.3 is 0 Å². The predicted octanol–water partition coefficient (Wildman–Crippen LogP) is 3.67. The largest absolute Gasteiger partial charge is 0.497 e. The van der Waals surface area contributed by atoms with Crippen LogP contribution >= 0.6 is 11.6 Å². The number of aromatic nitrogens is 1. The van der Waals surface area contributed by atoms with Crippen molar-refractivity contribution in [1.29, 1.82) is 0 Å². The van der Waals surface area contributed by atoms with Crippen LogP contribution in [0.4, 0.5) is 5.69 Å². The minimum absolute atomic E-state index is 0.322. The van der Waals surface area contributed by atoms with E-state index in [1.165, 1.54) is 13.3 Å². The SMILES string of the molecule is COc1cccc(N(CC(=O)N/N=C\c2cc(C)n(-c3ccc(Cl)cc3)c2C)S(C)(=O)=O)c1. The lowest BCUT2D eigenvalue weighted by atomic mass is 10.2. The molecule has 3 aromatic rings. The van der Waals surface area contributed by atoms with Crippen molar-refractivity contribution in [3.63, 3.8) is 0 Å². The third-order valence-electron chi connectivity index (χ3n) is 4.98. The summed E-state index contributed by atoms with van der Waals surface area (Å²) in [5, 5.41) is 4.68. The van der Waals surface area contributed by atoms with E-state index in [0.717, 1.165) is 33.2 Å². The number of nitrogens with one attached hydrogen (secondary N) is 1. The van der Waals surface area contributed by atoms with Crippen LogP contribution in [0, 0.1) is 13.8 Å². The van der Waals surface area contributed by atoms with Crippen molar-refractivity contribution in [3.05, 3.63) is 76.6 Å². The second-order valence-electron chi connectivity index (χ2n) is 7.40. The van der Waals surface area contributed by atoms with Crippen LogP contribution in [0.3, 0.4) is 0 Å². The average molecular weight is 489 g/mol. The minimum atomic E-state index is -3.71. The molecule has 3 rings (SSSR count). The van der Waals surface area contributed by atoms with Crippen LogP contribution in [0.25, 0.3) is 5.69 Å². The molecule has 1 amide bonds. The van der Waals surface area contributed by atoms with Crippen molar-refractivity contribution in [1.82, 2.24) is 9.99 Å². The molecule has 0 spiro atoms. The number of carbonyl (C=O) groups excluding carboxylic acids is 1. The van der Waals surface area contributed by atoms with E-state index in [1.807, 2.05) is 48.7 Å². The number of carbonyl (C=O) groups is 1. The second kappa shape index (κ2) is 10.1. The molecule has 0 aliphatic rings.